The molecule has 0 atom stereocenters. The fourth-order valence-electron chi connectivity index (χ4n) is 4.14. The molecule has 2 heterocycles. The van der Waals surface area contributed by atoms with Crippen LogP contribution in [-0.2, 0) is 11.3 Å². The summed E-state index contributed by atoms with van der Waals surface area (Å²) >= 11 is 0. The second-order valence-electron chi connectivity index (χ2n) is 9.52. The van der Waals surface area contributed by atoms with E-state index in [4.69, 9.17) is 4.74 Å². The molecule has 0 N–H and O–H groups in total. The number of ether oxygens (including phenoxy) is 1. The number of hydrogen-bond donors (Lipinski definition) is 0. The van der Waals surface area contributed by atoms with Crippen molar-refractivity contribution in [1.29, 1.82) is 0 Å². The smallest absolute Gasteiger partial charge is 0.410 e. The number of carbonyl (C=O) groups excluding carboxylic acids is 1. The van der Waals surface area contributed by atoms with Crippen molar-refractivity contribution >= 4 is 11.8 Å². The van der Waals surface area contributed by atoms with Crippen LogP contribution in [0.15, 0.2) is 18.2 Å². The van der Waals surface area contributed by atoms with Crippen LogP contribution in [0.3, 0.4) is 0 Å². The largest absolute Gasteiger partial charge is 0.444 e. The lowest BCUT2D eigenvalue weighted by molar-refractivity contribution is -0.385. The second-order valence-corrected chi connectivity index (χ2v) is 9.52. The highest BCUT2D eigenvalue weighted by Crippen LogP contribution is 2.22. The van der Waals surface area contributed by atoms with E-state index in [0.717, 1.165) is 64.7 Å². The molecule has 9 heteroatoms. The van der Waals surface area contributed by atoms with Crippen LogP contribution >= 0.6 is 0 Å². The molecular formula is C22H33FN4O4. The summed E-state index contributed by atoms with van der Waals surface area (Å²) in [5.74, 6) is 0.0470. The first-order valence-corrected chi connectivity index (χ1v) is 11.0. The molecule has 0 aliphatic carbocycles. The van der Waals surface area contributed by atoms with Crippen LogP contribution in [0.5, 0.6) is 0 Å². The van der Waals surface area contributed by atoms with Crippen molar-refractivity contribution in [2.45, 2.75) is 45.8 Å². The SMILES string of the molecule is CC(C)(C)OC(=O)N1CCC(CN2CCN(Cc3ccc([N+](=O)[O-])cc3F)CC2)CC1. The summed E-state index contributed by atoms with van der Waals surface area (Å²) in [5, 5.41) is 10.8. The predicted octanol–water partition coefficient (Wildman–Crippen LogP) is 3.50. The zero-order valence-electron chi connectivity index (χ0n) is 18.7. The highest BCUT2D eigenvalue weighted by molar-refractivity contribution is 5.68. The molecule has 2 aliphatic heterocycles. The lowest BCUT2D eigenvalue weighted by Crippen LogP contribution is -2.49. The number of carbonyl (C=O) groups is 1. The van der Waals surface area contributed by atoms with E-state index in [2.05, 4.69) is 9.80 Å². The maximum atomic E-state index is 14.2. The van der Waals surface area contributed by atoms with E-state index in [9.17, 15) is 19.3 Å². The Kier molecular flexibility index (Phi) is 7.48. The third kappa shape index (κ3) is 6.87. The number of benzene rings is 1. The van der Waals surface area contributed by atoms with Gasteiger partial charge >= 0.3 is 6.09 Å². The van der Waals surface area contributed by atoms with E-state index in [1.807, 2.05) is 20.8 Å². The van der Waals surface area contributed by atoms with Crippen LogP contribution < -0.4 is 0 Å². The van der Waals surface area contributed by atoms with Gasteiger partial charge in [0.2, 0.25) is 0 Å². The number of likely N-dealkylation sites (tertiary alicyclic amines) is 1. The number of halogens is 1. The Labute approximate surface area is 183 Å². The quantitative estimate of drug-likeness (QED) is 0.519. The summed E-state index contributed by atoms with van der Waals surface area (Å²) in [6.45, 7) is 12.1. The average molecular weight is 437 g/mol. The lowest BCUT2D eigenvalue weighted by atomic mass is 9.96. The van der Waals surface area contributed by atoms with Crippen molar-refractivity contribution in [2.24, 2.45) is 5.92 Å². The maximum absolute atomic E-state index is 14.2. The Bertz CT molecular complexity index is 782. The Balaban J connectivity index is 1.39. The third-order valence-corrected chi connectivity index (χ3v) is 5.89. The molecule has 0 radical (unpaired) electrons. The van der Waals surface area contributed by atoms with E-state index in [0.29, 0.717) is 18.0 Å². The van der Waals surface area contributed by atoms with E-state index in [1.54, 1.807) is 4.90 Å². The molecule has 0 spiro atoms. The fraction of sp³-hybridized carbons (Fsp3) is 0.682. The number of hydrogen-bond acceptors (Lipinski definition) is 6. The number of non-ortho nitro benzene ring substituents is 1. The van der Waals surface area contributed by atoms with Crippen molar-refractivity contribution in [3.8, 4) is 0 Å². The summed E-state index contributed by atoms with van der Waals surface area (Å²) in [6.07, 6.45) is 1.74. The molecule has 0 saturated carbocycles. The highest BCUT2D eigenvalue weighted by atomic mass is 19.1. The average Bonchev–Trinajstić information content (AvgIpc) is 2.70. The summed E-state index contributed by atoms with van der Waals surface area (Å²) in [6, 6.07) is 3.87. The van der Waals surface area contributed by atoms with Crippen LogP contribution in [0.2, 0.25) is 0 Å². The highest BCUT2D eigenvalue weighted by Gasteiger charge is 2.28. The monoisotopic (exact) mass is 436 g/mol. The van der Waals surface area contributed by atoms with Gasteiger partial charge in [0, 0.05) is 64.0 Å². The number of piperazine rings is 1. The molecule has 1 aromatic carbocycles. The summed E-state index contributed by atoms with van der Waals surface area (Å²) < 4.78 is 19.6. The van der Waals surface area contributed by atoms with Crippen molar-refractivity contribution in [3.63, 3.8) is 0 Å². The number of amides is 1. The zero-order chi connectivity index (χ0) is 22.6. The van der Waals surface area contributed by atoms with Crippen molar-refractivity contribution in [3.05, 3.63) is 39.7 Å². The molecule has 8 nitrogen and oxygen atoms in total. The molecule has 0 bridgehead atoms. The molecule has 1 amide bonds. The van der Waals surface area contributed by atoms with Crippen LogP contribution in [0, 0.1) is 21.8 Å². The van der Waals surface area contributed by atoms with E-state index < -0.39 is 16.3 Å². The lowest BCUT2D eigenvalue weighted by Gasteiger charge is -2.39. The molecule has 2 aliphatic rings. The van der Waals surface area contributed by atoms with Gasteiger partial charge in [-0.1, -0.05) is 0 Å². The van der Waals surface area contributed by atoms with Gasteiger partial charge < -0.3 is 14.5 Å². The minimum absolute atomic E-state index is 0.219. The Morgan fingerprint density at radius 3 is 2.29 bits per heavy atom. The van der Waals surface area contributed by atoms with E-state index in [1.165, 1.54) is 12.1 Å². The number of rotatable bonds is 5. The Morgan fingerprint density at radius 2 is 1.74 bits per heavy atom. The van der Waals surface area contributed by atoms with Crippen LogP contribution in [-0.4, -0.2) is 77.1 Å². The molecule has 3 rings (SSSR count). The molecule has 2 saturated heterocycles. The molecule has 2 fully saturated rings. The molecule has 0 aromatic heterocycles. The van der Waals surface area contributed by atoms with Gasteiger partial charge in [0.05, 0.1) is 11.0 Å². The Hall–Kier alpha value is -2.26. The van der Waals surface area contributed by atoms with Crippen LogP contribution in [0.25, 0.3) is 0 Å². The molecular weight excluding hydrogens is 403 g/mol. The molecule has 0 unspecified atom stereocenters. The standard InChI is InChI=1S/C22H33FN4O4/c1-22(2,3)31-21(28)26-8-6-17(7-9-26)15-24-10-12-25(13-11-24)16-18-4-5-19(27(29)30)14-20(18)23/h4-5,14,17H,6-13,15-16H2,1-3H3. The minimum atomic E-state index is -0.580. The van der Waals surface area contributed by atoms with Gasteiger partial charge in [0.1, 0.15) is 11.4 Å². The summed E-state index contributed by atoms with van der Waals surface area (Å²) in [7, 11) is 0. The zero-order valence-corrected chi connectivity index (χ0v) is 18.7. The van der Waals surface area contributed by atoms with Gasteiger partial charge in [-0.25, -0.2) is 9.18 Å². The third-order valence-electron chi connectivity index (χ3n) is 5.89. The van der Waals surface area contributed by atoms with Crippen molar-refractivity contribution in [1.82, 2.24) is 14.7 Å². The van der Waals surface area contributed by atoms with Crippen molar-refractivity contribution < 1.29 is 18.8 Å². The molecule has 1 aromatic rings. The van der Waals surface area contributed by atoms with E-state index >= 15 is 0 Å². The number of nitrogens with zero attached hydrogens (tertiary/aromatic N) is 4. The molecule has 31 heavy (non-hydrogen) atoms. The molecule has 172 valence electrons. The van der Waals surface area contributed by atoms with Crippen LogP contribution in [0.1, 0.15) is 39.2 Å². The second kappa shape index (κ2) is 9.91. The van der Waals surface area contributed by atoms with Gasteiger partial charge in [-0.3, -0.25) is 15.0 Å². The maximum Gasteiger partial charge on any atom is 0.410 e. The van der Waals surface area contributed by atoms with Gasteiger partial charge in [-0.2, -0.15) is 0 Å². The summed E-state index contributed by atoms with van der Waals surface area (Å²) in [5.41, 5.74) is -0.192. The number of piperidine rings is 1. The van der Waals surface area contributed by atoms with Crippen molar-refractivity contribution in [2.75, 3.05) is 45.8 Å². The number of nitro groups is 1. The topological polar surface area (TPSA) is 79.2 Å². The van der Waals surface area contributed by atoms with Gasteiger partial charge in [0.25, 0.3) is 5.69 Å². The Morgan fingerprint density at radius 1 is 1.13 bits per heavy atom. The van der Waals surface area contributed by atoms with E-state index in [-0.39, 0.29) is 11.8 Å². The van der Waals surface area contributed by atoms with Gasteiger partial charge in [-0.05, 0) is 45.6 Å². The normalized spacial score (nSPS) is 19.4. The first-order chi connectivity index (χ1) is 14.6. The minimum Gasteiger partial charge on any atom is -0.444 e. The first kappa shape index (κ1) is 23.4. The predicted molar refractivity (Wildman–Crippen MR) is 115 cm³/mol. The first-order valence-electron chi connectivity index (χ1n) is 11.0. The fourth-order valence-corrected chi connectivity index (χ4v) is 4.14. The summed E-state index contributed by atoms with van der Waals surface area (Å²) in [4.78, 5) is 28.8. The van der Waals surface area contributed by atoms with Crippen LogP contribution in [0.4, 0.5) is 14.9 Å². The number of nitro benzene ring substituents is 1. The van der Waals surface area contributed by atoms with Gasteiger partial charge in [-0.15, -0.1) is 0 Å². The van der Waals surface area contributed by atoms with Gasteiger partial charge in [0.15, 0.2) is 0 Å².